The fraction of sp³-hybridized carbons (Fsp3) is 0.500. The van der Waals surface area contributed by atoms with Gasteiger partial charge in [0.1, 0.15) is 0 Å². The van der Waals surface area contributed by atoms with Crippen molar-refractivity contribution in [2.24, 2.45) is 5.73 Å². The van der Waals surface area contributed by atoms with Gasteiger partial charge in [0, 0.05) is 23.1 Å². The molecule has 0 bridgehead atoms. The van der Waals surface area contributed by atoms with Gasteiger partial charge in [0.15, 0.2) is 0 Å². The maximum Gasteiger partial charge on any atom is 0.0303 e. The summed E-state index contributed by atoms with van der Waals surface area (Å²) in [4.78, 5) is 0. The van der Waals surface area contributed by atoms with Crippen LogP contribution >= 0.6 is 15.9 Å². The average molecular weight is 271 g/mol. The normalized spacial score (nSPS) is 14.9. The van der Waals surface area contributed by atoms with Crippen LogP contribution in [0.1, 0.15) is 31.9 Å². The Kier molecular flexibility index (Phi) is 5.29. The van der Waals surface area contributed by atoms with E-state index in [-0.39, 0.29) is 6.04 Å². The first-order valence-corrected chi connectivity index (χ1v) is 6.17. The highest BCUT2D eigenvalue weighted by Gasteiger charge is 2.08. The van der Waals surface area contributed by atoms with Crippen LogP contribution in [0.5, 0.6) is 0 Å². The van der Waals surface area contributed by atoms with Crippen LogP contribution in [0.2, 0.25) is 0 Å². The molecule has 1 aromatic rings. The Morgan fingerprint density at radius 1 is 1.40 bits per heavy atom. The fourth-order valence-corrected chi connectivity index (χ4v) is 2.04. The lowest BCUT2D eigenvalue weighted by Gasteiger charge is -2.18. The SMILES string of the molecule is CCC(N)CNC(C)c1ccccc1Br. The molecule has 0 radical (unpaired) electrons. The van der Waals surface area contributed by atoms with Crippen molar-refractivity contribution in [2.45, 2.75) is 32.4 Å². The molecule has 15 heavy (non-hydrogen) atoms. The predicted molar refractivity (Wildman–Crippen MR) is 68.8 cm³/mol. The second-order valence-electron chi connectivity index (χ2n) is 3.82. The third-order valence-corrected chi connectivity index (χ3v) is 3.30. The molecule has 0 saturated heterocycles. The van der Waals surface area contributed by atoms with Gasteiger partial charge in [0.25, 0.3) is 0 Å². The third kappa shape index (κ3) is 3.93. The van der Waals surface area contributed by atoms with E-state index in [9.17, 15) is 0 Å². The number of benzene rings is 1. The summed E-state index contributed by atoms with van der Waals surface area (Å²) in [5.74, 6) is 0. The zero-order chi connectivity index (χ0) is 11.3. The second kappa shape index (κ2) is 6.26. The molecular weight excluding hydrogens is 252 g/mol. The first-order chi connectivity index (χ1) is 7.15. The second-order valence-corrected chi connectivity index (χ2v) is 4.67. The zero-order valence-corrected chi connectivity index (χ0v) is 10.9. The van der Waals surface area contributed by atoms with Crippen molar-refractivity contribution in [2.75, 3.05) is 6.54 Å². The number of rotatable bonds is 5. The van der Waals surface area contributed by atoms with Gasteiger partial charge in [0.05, 0.1) is 0 Å². The first-order valence-electron chi connectivity index (χ1n) is 5.38. The van der Waals surface area contributed by atoms with Crippen LogP contribution < -0.4 is 11.1 Å². The molecule has 0 aliphatic carbocycles. The van der Waals surface area contributed by atoms with Gasteiger partial charge in [-0.1, -0.05) is 41.1 Å². The summed E-state index contributed by atoms with van der Waals surface area (Å²) >= 11 is 3.55. The highest BCUT2D eigenvalue weighted by Crippen LogP contribution is 2.22. The maximum atomic E-state index is 5.86. The molecule has 0 aliphatic rings. The van der Waals surface area contributed by atoms with E-state index < -0.39 is 0 Å². The quantitative estimate of drug-likeness (QED) is 0.864. The van der Waals surface area contributed by atoms with E-state index in [0.717, 1.165) is 17.4 Å². The van der Waals surface area contributed by atoms with E-state index in [4.69, 9.17) is 5.73 Å². The van der Waals surface area contributed by atoms with Gasteiger partial charge in [0.2, 0.25) is 0 Å². The minimum Gasteiger partial charge on any atom is -0.327 e. The minimum atomic E-state index is 0.245. The lowest BCUT2D eigenvalue weighted by atomic mass is 10.1. The van der Waals surface area contributed by atoms with Crippen molar-refractivity contribution in [3.05, 3.63) is 34.3 Å². The Balaban J connectivity index is 2.54. The van der Waals surface area contributed by atoms with E-state index in [0.29, 0.717) is 6.04 Å². The molecule has 0 spiro atoms. The van der Waals surface area contributed by atoms with Gasteiger partial charge in [-0.05, 0) is 25.0 Å². The molecular formula is C12H19BrN2. The van der Waals surface area contributed by atoms with Crippen LogP contribution in [0.25, 0.3) is 0 Å². The monoisotopic (exact) mass is 270 g/mol. The Bertz CT molecular complexity index is 301. The van der Waals surface area contributed by atoms with E-state index in [1.807, 2.05) is 6.07 Å². The number of halogens is 1. The average Bonchev–Trinajstić information content (AvgIpc) is 2.26. The van der Waals surface area contributed by atoms with Crippen LogP contribution in [-0.2, 0) is 0 Å². The first kappa shape index (κ1) is 12.7. The molecule has 3 N–H and O–H groups in total. The molecule has 2 unspecified atom stereocenters. The van der Waals surface area contributed by atoms with Crippen molar-refractivity contribution < 1.29 is 0 Å². The molecule has 0 aliphatic heterocycles. The Hall–Kier alpha value is -0.380. The standard InChI is InChI=1S/C12H19BrN2/c1-3-10(14)8-15-9(2)11-6-4-5-7-12(11)13/h4-7,9-10,15H,3,8,14H2,1-2H3. The van der Waals surface area contributed by atoms with Crippen molar-refractivity contribution >= 4 is 15.9 Å². The summed E-state index contributed by atoms with van der Waals surface area (Å²) in [6, 6.07) is 8.84. The molecule has 1 rings (SSSR count). The molecule has 0 aromatic heterocycles. The summed E-state index contributed by atoms with van der Waals surface area (Å²) in [7, 11) is 0. The minimum absolute atomic E-state index is 0.245. The van der Waals surface area contributed by atoms with Gasteiger partial charge in [-0.15, -0.1) is 0 Å². The summed E-state index contributed by atoms with van der Waals surface area (Å²) in [5, 5.41) is 3.44. The Labute approximate surface area is 100 Å². The van der Waals surface area contributed by atoms with Gasteiger partial charge in [-0.3, -0.25) is 0 Å². The van der Waals surface area contributed by atoms with Crippen LogP contribution in [0.3, 0.4) is 0 Å². The highest BCUT2D eigenvalue weighted by molar-refractivity contribution is 9.10. The molecule has 0 saturated carbocycles. The van der Waals surface area contributed by atoms with Crippen molar-refractivity contribution in [1.29, 1.82) is 0 Å². The molecule has 84 valence electrons. The fourth-order valence-electron chi connectivity index (χ4n) is 1.41. The number of nitrogens with one attached hydrogen (secondary N) is 1. The molecule has 0 amide bonds. The van der Waals surface area contributed by atoms with Crippen molar-refractivity contribution in [1.82, 2.24) is 5.32 Å². The molecule has 3 heteroatoms. The van der Waals surface area contributed by atoms with Gasteiger partial charge in [-0.25, -0.2) is 0 Å². The smallest absolute Gasteiger partial charge is 0.0303 e. The summed E-state index contributed by atoms with van der Waals surface area (Å²) in [6.07, 6.45) is 1.01. The van der Waals surface area contributed by atoms with E-state index in [1.54, 1.807) is 0 Å². The van der Waals surface area contributed by atoms with E-state index in [1.165, 1.54) is 5.56 Å². The lowest BCUT2D eigenvalue weighted by Crippen LogP contribution is -2.34. The maximum absolute atomic E-state index is 5.86. The van der Waals surface area contributed by atoms with Crippen LogP contribution in [0.4, 0.5) is 0 Å². The summed E-state index contributed by atoms with van der Waals surface area (Å²) in [6.45, 7) is 5.12. The van der Waals surface area contributed by atoms with Crippen molar-refractivity contribution in [3.8, 4) is 0 Å². The van der Waals surface area contributed by atoms with Crippen LogP contribution in [-0.4, -0.2) is 12.6 Å². The van der Waals surface area contributed by atoms with Crippen LogP contribution in [0.15, 0.2) is 28.7 Å². The number of hydrogen-bond acceptors (Lipinski definition) is 2. The zero-order valence-electron chi connectivity index (χ0n) is 9.33. The predicted octanol–water partition coefficient (Wildman–Crippen LogP) is 2.84. The number of hydrogen-bond donors (Lipinski definition) is 2. The highest BCUT2D eigenvalue weighted by atomic mass is 79.9. The molecule has 1 aromatic carbocycles. The molecule has 2 nitrogen and oxygen atoms in total. The van der Waals surface area contributed by atoms with Gasteiger partial charge >= 0.3 is 0 Å². The van der Waals surface area contributed by atoms with Gasteiger partial charge < -0.3 is 11.1 Å². The Morgan fingerprint density at radius 2 is 2.07 bits per heavy atom. The topological polar surface area (TPSA) is 38.0 Å². The molecule has 0 fully saturated rings. The van der Waals surface area contributed by atoms with E-state index >= 15 is 0 Å². The van der Waals surface area contributed by atoms with E-state index in [2.05, 4.69) is 53.3 Å². The largest absolute Gasteiger partial charge is 0.327 e. The summed E-state index contributed by atoms with van der Waals surface area (Å²) in [5.41, 5.74) is 7.14. The number of nitrogens with two attached hydrogens (primary N) is 1. The van der Waals surface area contributed by atoms with Crippen molar-refractivity contribution in [3.63, 3.8) is 0 Å². The molecule has 2 atom stereocenters. The molecule has 0 heterocycles. The Morgan fingerprint density at radius 3 is 2.67 bits per heavy atom. The van der Waals surface area contributed by atoms with Gasteiger partial charge in [-0.2, -0.15) is 0 Å². The third-order valence-electron chi connectivity index (χ3n) is 2.58. The lowest BCUT2D eigenvalue weighted by molar-refractivity contribution is 0.507. The van der Waals surface area contributed by atoms with Crippen LogP contribution in [0, 0.1) is 0 Å². The summed E-state index contributed by atoms with van der Waals surface area (Å²) < 4.78 is 1.15.